The molecule has 0 bridgehead atoms. The summed E-state index contributed by atoms with van der Waals surface area (Å²) in [4.78, 5) is 61.6. The van der Waals surface area contributed by atoms with Gasteiger partial charge in [0.25, 0.3) is 11.8 Å². The van der Waals surface area contributed by atoms with Crippen LogP contribution in [-0.4, -0.2) is 75.7 Å². The van der Waals surface area contributed by atoms with Gasteiger partial charge in [-0.2, -0.15) is 26.3 Å². The van der Waals surface area contributed by atoms with E-state index in [-0.39, 0.29) is 115 Å². The number of anilines is 6. The third-order valence-electron chi connectivity index (χ3n) is 10.1. The fourth-order valence-corrected chi connectivity index (χ4v) is 6.63. The fraction of sp³-hybridized carbons (Fsp3) is 0.227. The average molecular weight is 1060 g/mol. The minimum Gasteiger partial charge on any atom is -1.00 e. The molecular weight excluding hydrogens is 1020 g/mol. The summed E-state index contributed by atoms with van der Waals surface area (Å²) in [5.74, 6) is -0.433. The number of nitrogens with one attached hydrogen (secondary N) is 4. The van der Waals surface area contributed by atoms with Crippen molar-refractivity contribution in [3.8, 4) is 0 Å². The van der Waals surface area contributed by atoms with Crippen molar-refractivity contribution in [2.45, 2.75) is 50.6 Å². The Kier molecular flexibility index (Phi) is 18.4. The second-order valence-electron chi connectivity index (χ2n) is 15.0. The van der Waals surface area contributed by atoms with Crippen molar-refractivity contribution in [3.05, 3.63) is 149 Å². The molecular formula is C44H37BrCl2F6MgN10O4. The monoisotopic (exact) mass is 1060 g/mol. The Morgan fingerprint density at radius 1 is 0.618 bits per heavy atom. The molecule has 6 aromatic rings. The van der Waals surface area contributed by atoms with Crippen LogP contribution in [0.2, 0.25) is 10.3 Å². The van der Waals surface area contributed by atoms with E-state index < -0.39 is 40.9 Å². The summed E-state index contributed by atoms with van der Waals surface area (Å²) in [7, 11) is 0. The largest absolute Gasteiger partial charge is 2.00 e. The van der Waals surface area contributed by atoms with E-state index in [1.54, 1.807) is 6.92 Å². The number of pyridine rings is 6. The molecule has 352 valence electrons. The Labute approximate surface area is 421 Å². The molecule has 0 aromatic carbocycles. The summed E-state index contributed by atoms with van der Waals surface area (Å²) in [6.45, 7) is 1.68. The summed E-state index contributed by atoms with van der Waals surface area (Å²) < 4.78 is 76.1. The van der Waals surface area contributed by atoms with Crippen molar-refractivity contribution in [2.75, 3.05) is 21.3 Å². The fourth-order valence-electron chi connectivity index (χ4n) is 6.32. The van der Waals surface area contributed by atoms with E-state index in [9.17, 15) is 45.8 Å². The number of alkyl halides is 6. The van der Waals surface area contributed by atoms with Crippen LogP contribution in [0.4, 0.5) is 61.0 Å². The number of carbonyl (C=O) groups excluding carboxylic acids is 3. The Bertz CT molecular complexity index is 2750. The molecule has 6 heterocycles. The molecule has 68 heavy (non-hydrogen) atoms. The number of Topliss-reactive ketones (excluding diaryl/α,β-unsaturated/α-hetero) is 1. The first kappa shape index (κ1) is 55.1. The summed E-state index contributed by atoms with van der Waals surface area (Å²) in [5.41, 5.74) is -1.15. The van der Waals surface area contributed by atoms with Gasteiger partial charge in [0.05, 0.1) is 40.5 Å². The van der Waals surface area contributed by atoms with Gasteiger partial charge in [0, 0.05) is 53.0 Å². The zero-order valence-electron chi connectivity index (χ0n) is 35.7. The summed E-state index contributed by atoms with van der Waals surface area (Å²) >= 11 is 11.9. The number of halogens is 9. The predicted octanol–water partition coefficient (Wildman–Crippen LogP) is 7.36. The second-order valence-corrected chi connectivity index (χ2v) is 15.8. The number of nitrogens with zero attached hydrogens (tertiary/aromatic N) is 6. The van der Waals surface area contributed by atoms with Crippen LogP contribution in [-0.2, 0) is 18.0 Å². The maximum atomic E-state index is 12.9. The smallest absolute Gasteiger partial charge is 1.00 e. The third-order valence-corrected chi connectivity index (χ3v) is 10.5. The van der Waals surface area contributed by atoms with E-state index >= 15 is 0 Å². The molecule has 1 unspecified atom stereocenters. The van der Waals surface area contributed by atoms with Crippen molar-refractivity contribution in [2.24, 2.45) is 11.8 Å². The molecule has 14 nitrogen and oxygen atoms in total. The van der Waals surface area contributed by atoms with Gasteiger partial charge in [-0.05, 0) is 99.2 Å². The van der Waals surface area contributed by atoms with Gasteiger partial charge in [-0.15, -0.1) is 0 Å². The molecule has 1 atom stereocenters. The SMILES string of the molecule is CC(O)(c1cc(Cl)ncc1NC(=O)c1ccnc(Nc2ccc(C(F)(F)F)cn2)c1)C1CC1.O=C(Nc1cnc(Cl)cc1C(=O)C1CC1)c1ccnc(Nc2ccc(C(F)(F)F)cn2)c1.[Br-].[CH3-].[Mg+2]. The Hall–Kier alpha value is -5.52. The summed E-state index contributed by atoms with van der Waals surface area (Å²) in [5, 5.41) is 22.2. The van der Waals surface area contributed by atoms with E-state index in [1.807, 2.05) is 0 Å². The first-order chi connectivity index (χ1) is 30.7. The Morgan fingerprint density at radius 3 is 1.50 bits per heavy atom. The zero-order valence-corrected chi connectivity index (χ0v) is 40.2. The third kappa shape index (κ3) is 14.3. The maximum absolute atomic E-state index is 12.9. The molecule has 0 spiro atoms. The minimum atomic E-state index is -4.49. The first-order valence-electron chi connectivity index (χ1n) is 19.5. The van der Waals surface area contributed by atoms with Crippen LogP contribution in [0.5, 0.6) is 0 Å². The van der Waals surface area contributed by atoms with Crippen LogP contribution in [0, 0.1) is 19.3 Å². The molecule has 2 amide bonds. The van der Waals surface area contributed by atoms with Gasteiger partial charge in [-0.25, -0.2) is 29.9 Å². The van der Waals surface area contributed by atoms with Gasteiger partial charge < -0.3 is 50.8 Å². The quantitative estimate of drug-likeness (QED) is 0.0269. The summed E-state index contributed by atoms with van der Waals surface area (Å²) in [6, 6.07) is 12.8. The average Bonchev–Trinajstić information content (AvgIpc) is 4.20. The zero-order chi connectivity index (χ0) is 46.7. The van der Waals surface area contributed by atoms with Crippen LogP contribution in [0.3, 0.4) is 0 Å². The number of aliphatic hydroxyl groups is 1. The molecule has 24 heteroatoms. The number of hydrogen-bond acceptors (Lipinski definition) is 12. The van der Waals surface area contributed by atoms with E-state index in [2.05, 4.69) is 51.2 Å². The van der Waals surface area contributed by atoms with Crippen LogP contribution in [0.1, 0.15) is 80.4 Å². The normalized spacial score (nSPS) is 13.9. The van der Waals surface area contributed by atoms with Gasteiger partial charge in [-0.1, -0.05) is 23.2 Å². The topological polar surface area (TPSA) is 197 Å². The molecule has 5 N–H and O–H groups in total. The van der Waals surface area contributed by atoms with Crippen molar-refractivity contribution in [1.29, 1.82) is 0 Å². The Balaban J connectivity index is 0.000000284. The van der Waals surface area contributed by atoms with E-state index in [4.69, 9.17) is 23.2 Å². The van der Waals surface area contributed by atoms with Gasteiger partial charge in [0.15, 0.2) is 5.78 Å². The van der Waals surface area contributed by atoms with Crippen molar-refractivity contribution in [3.63, 3.8) is 0 Å². The van der Waals surface area contributed by atoms with Crippen LogP contribution < -0.4 is 38.2 Å². The molecule has 2 aliphatic rings. The first-order valence-corrected chi connectivity index (χ1v) is 20.2. The molecule has 0 aliphatic heterocycles. The van der Waals surface area contributed by atoms with Crippen LogP contribution in [0.15, 0.2) is 97.8 Å². The van der Waals surface area contributed by atoms with E-state index in [1.165, 1.54) is 67.3 Å². The van der Waals surface area contributed by atoms with E-state index in [0.29, 0.717) is 29.2 Å². The number of amides is 2. The van der Waals surface area contributed by atoms with Crippen LogP contribution in [0.25, 0.3) is 0 Å². The molecule has 0 saturated heterocycles. The maximum Gasteiger partial charge on any atom is 2.00 e. The van der Waals surface area contributed by atoms with E-state index in [0.717, 1.165) is 43.9 Å². The van der Waals surface area contributed by atoms with Gasteiger partial charge in [-0.3, -0.25) is 14.4 Å². The molecule has 2 saturated carbocycles. The molecule has 2 aliphatic carbocycles. The molecule has 0 radical (unpaired) electrons. The second kappa shape index (κ2) is 22.7. The van der Waals surface area contributed by atoms with Gasteiger partial charge >= 0.3 is 35.4 Å². The van der Waals surface area contributed by atoms with Crippen molar-refractivity contribution >= 4 is 98.5 Å². The van der Waals surface area contributed by atoms with Gasteiger partial charge in [0.2, 0.25) is 0 Å². The molecule has 2 fully saturated rings. The molecule has 6 aromatic heterocycles. The van der Waals surface area contributed by atoms with Crippen molar-refractivity contribution in [1.82, 2.24) is 29.9 Å². The number of ketones is 1. The minimum absolute atomic E-state index is 0. The van der Waals surface area contributed by atoms with Gasteiger partial charge in [0.1, 0.15) is 33.6 Å². The predicted molar refractivity (Wildman–Crippen MR) is 239 cm³/mol. The summed E-state index contributed by atoms with van der Waals surface area (Å²) in [6.07, 6.45) is 1.22. The molecule has 8 rings (SSSR count). The Morgan fingerprint density at radius 2 is 1.07 bits per heavy atom. The standard InChI is InChI=1S/C22H19ClF3N5O2.C21H15ClF3N5O2.CH3.BrH.Mg/c1-21(33,13-2-3-13)15-9-17(23)28-11-16(15)30-20(32)12-6-7-27-19(8-12)31-18-5-4-14(10-29-18)22(24,25)26;22-16-8-14(19(31)11-1-2-11)15(10-27-16)29-20(32)12-5-6-26-18(7-12)30-17-4-3-13(9-28-17)21(23,24)25;;;/h4-11,13,33H,2-3H2,1H3,(H,30,32)(H,27,29,31);3-11H,1-2H2,(H,29,32)(H,26,28,30);1H3;1H;/q;;-1;;+2/p-1. The number of aromatic nitrogens is 6. The number of carbonyl (C=O) groups is 3. The van der Waals surface area contributed by atoms with Crippen molar-refractivity contribution < 1.29 is 62.8 Å². The number of hydrogen-bond donors (Lipinski definition) is 5. The van der Waals surface area contributed by atoms with Crippen LogP contribution >= 0.6 is 23.2 Å². The number of rotatable bonds is 12.